The van der Waals surface area contributed by atoms with Crippen LogP contribution in [0.1, 0.15) is 5.56 Å². The Morgan fingerprint density at radius 2 is 1.76 bits per heavy atom. The van der Waals surface area contributed by atoms with E-state index >= 15 is 0 Å². The summed E-state index contributed by atoms with van der Waals surface area (Å²) < 4.78 is 0. The first kappa shape index (κ1) is 12.1. The zero-order valence-electron chi connectivity index (χ0n) is 10.4. The van der Waals surface area contributed by atoms with E-state index in [0.29, 0.717) is 0 Å². The van der Waals surface area contributed by atoms with Gasteiger partial charge in [0.05, 0.1) is 0 Å². The average Bonchev–Trinajstić information content (AvgIpc) is 2.36. The summed E-state index contributed by atoms with van der Waals surface area (Å²) in [7, 11) is 2.12. The lowest BCUT2D eigenvalue weighted by Crippen LogP contribution is -2.27. The largest absolute Gasteiger partial charge is 0.329 e. The third kappa shape index (κ3) is 3.05. The summed E-state index contributed by atoms with van der Waals surface area (Å²) in [5, 5.41) is 2.70. The molecule has 0 aliphatic rings. The molecular formula is C15H20N2. The summed E-state index contributed by atoms with van der Waals surface area (Å²) in [4.78, 5) is 2.28. The summed E-state index contributed by atoms with van der Waals surface area (Å²) in [6.45, 7) is 2.75. The Morgan fingerprint density at radius 1 is 1.00 bits per heavy atom. The minimum atomic E-state index is 0.728. The highest BCUT2D eigenvalue weighted by Gasteiger charge is 2.02. The molecule has 0 fully saturated rings. The van der Waals surface area contributed by atoms with E-state index in [2.05, 4.69) is 54.4 Å². The van der Waals surface area contributed by atoms with Gasteiger partial charge in [0.15, 0.2) is 0 Å². The molecule has 2 rings (SSSR count). The second kappa shape index (κ2) is 5.80. The van der Waals surface area contributed by atoms with Crippen LogP contribution in [0.4, 0.5) is 0 Å². The van der Waals surface area contributed by atoms with Crippen molar-refractivity contribution in [3.63, 3.8) is 0 Å². The molecular weight excluding hydrogens is 208 g/mol. The van der Waals surface area contributed by atoms with E-state index in [4.69, 9.17) is 5.73 Å². The Kier molecular flexibility index (Phi) is 4.13. The SMILES string of the molecule is CN(CCN)CCc1cccc2ccccc12. The molecule has 0 aromatic heterocycles. The normalized spacial score (nSPS) is 11.2. The van der Waals surface area contributed by atoms with Crippen LogP contribution in [-0.4, -0.2) is 31.6 Å². The summed E-state index contributed by atoms with van der Waals surface area (Å²) in [6, 6.07) is 15.1. The molecule has 2 N–H and O–H groups in total. The molecule has 0 bridgehead atoms. The zero-order chi connectivity index (χ0) is 12.1. The standard InChI is InChI=1S/C15H20N2/c1-17(12-10-16)11-9-14-7-4-6-13-5-2-3-8-15(13)14/h2-8H,9-12,16H2,1H3. The van der Waals surface area contributed by atoms with Crippen molar-refractivity contribution in [2.24, 2.45) is 5.73 Å². The number of likely N-dealkylation sites (N-methyl/N-ethyl adjacent to an activating group) is 1. The number of nitrogens with zero attached hydrogens (tertiary/aromatic N) is 1. The maximum atomic E-state index is 5.55. The van der Waals surface area contributed by atoms with Crippen LogP contribution >= 0.6 is 0 Å². The van der Waals surface area contributed by atoms with Crippen molar-refractivity contribution >= 4 is 10.8 Å². The van der Waals surface area contributed by atoms with Crippen LogP contribution in [0, 0.1) is 0 Å². The number of rotatable bonds is 5. The fraction of sp³-hybridized carbons (Fsp3) is 0.333. The molecule has 0 saturated carbocycles. The van der Waals surface area contributed by atoms with Gasteiger partial charge in [-0.1, -0.05) is 42.5 Å². The van der Waals surface area contributed by atoms with E-state index in [9.17, 15) is 0 Å². The van der Waals surface area contributed by atoms with Gasteiger partial charge >= 0.3 is 0 Å². The third-order valence-electron chi connectivity index (χ3n) is 3.15. The lowest BCUT2D eigenvalue weighted by molar-refractivity contribution is 0.348. The lowest BCUT2D eigenvalue weighted by atomic mass is 10.0. The second-order valence-corrected chi connectivity index (χ2v) is 4.48. The molecule has 0 aliphatic carbocycles. The predicted molar refractivity (Wildman–Crippen MR) is 74.2 cm³/mol. The van der Waals surface area contributed by atoms with Crippen molar-refractivity contribution in [3.8, 4) is 0 Å². The minimum absolute atomic E-state index is 0.728. The van der Waals surface area contributed by atoms with E-state index in [0.717, 1.165) is 26.1 Å². The van der Waals surface area contributed by atoms with Crippen molar-refractivity contribution in [3.05, 3.63) is 48.0 Å². The molecule has 0 aliphatic heterocycles. The smallest absolute Gasteiger partial charge is 0.0102 e. The van der Waals surface area contributed by atoms with Crippen molar-refractivity contribution in [2.45, 2.75) is 6.42 Å². The van der Waals surface area contributed by atoms with E-state index in [1.807, 2.05) is 0 Å². The van der Waals surface area contributed by atoms with Gasteiger partial charge < -0.3 is 10.6 Å². The van der Waals surface area contributed by atoms with Crippen molar-refractivity contribution in [1.29, 1.82) is 0 Å². The highest BCUT2D eigenvalue weighted by molar-refractivity contribution is 5.85. The van der Waals surface area contributed by atoms with Gasteiger partial charge in [0.25, 0.3) is 0 Å². The summed E-state index contributed by atoms with van der Waals surface area (Å²) >= 11 is 0. The Hall–Kier alpha value is -1.38. The predicted octanol–water partition coefficient (Wildman–Crippen LogP) is 2.27. The summed E-state index contributed by atoms with van der Waals surface area (Å²) in [5.74, 6) is 0. The van der Waals surface area contributed by atoms with E-state index < -0.39 is 0 Å². The molecule has 2 aromatic rings. The second-order valence-electron chi connectivity index (χ2n) is 4.48. The number of nitrogens with two attached hydrogens (primary N) is 1. The maximum absolute atomic E-state index is 5.55. The number of hydrogen-bond acceptors (Lipinski definition) is 2. The number of benzene rings is 2. The first-order valence-electron chi connectivity index (χ1n) is 6.16. The molecule has 2 heteroatoms. The fourth-order valence-electron chi connectivity index (χ4n) is 2.15. The molecule has 0 saturated heterocycles. The Morgan fingerprint density at radius 3 is 2.59 bits per heavy atom. The van der Waals surface area contributed by atoms with Crippen molar-refractivity contribution in [1.82, 2.24) is 4.90 Å². The Bertz CT molecular complexity index is 474. The molecule has 0 heterocycles. The molecule has 0 spiro atoms. The van der Waals surface area contributed by atoms with Gasteiger partial charge in [-0.05, 0) is 29.8 Å². The minimum Gasteiger partial charge on any atom is -0.329 e. The highest BCUT2D eigenvalue weighted by atomic mass is 15.1. The van der Waals surface area contributed by atoms with Crippen LogP contribution < -0.4 is 5.73 Å². The molecule has 0 radical (unpaired) electrons. The van der Waals surface area contributed by atoms with Gasteiger partial charge in [-0.3, -0.25) is 0 Å². The first-order valence-corrected chi connectivity index (χ1v) is 6.16. The maximum Gasteiger partial charge on any atom is 0.0102 e. The zero-order valence-corrected chi connectivity index (χ0v) is 10.4. The molecule has 90 valence electrons. The summed E-state index contributed by atoms with van der Waals surface area (Å²) in [5.41, 5.74) is 6.97. The van der Waals surface area contributed by atoms with Crippen LogP contribution in [0.25, 0.3) is 10.8 Å². The van der Waals surface area contributed by atoms with Gasteiger partial charge in [0, 0.05) is 19.6 Å². The first-order chi connectivity index (χ1) is 8.31. The monoisotopic (exact) mass is 228 g/mol. The third-order valence-corrected chi connectivity index (χ3v) is 3.15. The van der Waals surface area contributed by atoms with E-state index in [-0.39, 0.29) is 0 Å². The van der Waals surface area contributed by atoms with E-state index in [1.54, 1.807) is 0 Å². The fourth-order valence-corrected chi connectivity index (χ4v) is 2.15. The number of hydrogen-bond donors (Lipinski definition) is 1. The van der Waals surface area contributed by atoms with E-state index in [1.165, 1.54) is 16.3 Å². The van der Waals surface area contributed by atoms with Gasteiger partial charge in [0.1, 0.15) is 0 Å². The van der Waals surface area contributed by atoms with Gasteiger partial charge in [-0.2, -0.15) is 0 Å². The van der Waals surface area contributed by atoms with Gasteiger partial charge in [-0.15, -0.1) is 0 Å². The van der Waals surface area contributed by atoms with Crippen LogP contribution in [0.15, 0.2) is 42.5 Å². The summed E-state index contributed by atoms with van der Waals surface area (Å²) in [6.07, 6.45) is 1.08. The van der Waals surface area contributed by atoms with Gasteiger partial charge in [0.2, 0.25) is 0 Å². The molecule has 0 amide bonds. The van der Waals surface area contributed by atoms with Gasteiger partial charge in [-0.25, -0.2) is 0 Å². The quantitative estimate of drug-likeness (QED) is 0.850. The molecule has 2 aromatic carbocycles. The molecule has 0 unspecified atom stereocenters. The molecule has 2 nitrogen and oxygen atoms in total. The Labute approximate surface area is 103 Å². The van der Waals surface area contributed by atoms with Crippen LogP contribution in [0.3, 0.4) is 0 Å². The van der Waals surface area contributed by atoms with Crippen molar-refractivity contribution < 1.29 is 0 Å². The highest BCUT2D eigenvalue weighted by Crippen LogP contribution is 2.18. The average molecular weight is 228 g/mol. The number of fused-ring (bicyclic) bond motifs is 1. The van der Waals surface area contributed by atoms with Crippen LogP contribution in [0.2, 0.25) is 0 Å². The molecule has 0 atom stereocenters. The molecule has 17 heavy (non-hydrogen) atoms. The Balaban J connectivity index is 2.13. The lowest BCUT2D eigenvalue weighted by Gasteiger charge is -2.15. The van der Waals surface area contributed by atoms with Crippen LogP contribution in [0.5, 0.6) is 0 Å². The van der Waals surface area contributed by atoms with Crippen LogP contribution in [-0.2, 0) is 6.42 Å². The van der Waals surface area contributed by atoms with Crippen molar-refractivity contribution in [2.75, 3.05) is 26.7 Å². The topological polar surface area (TPSA) is 29.3 Å².